The number of alkyl halides is 3. The van der Waals surface area contributed by atoms with E-state index in [4.69, 9.17) is 4.74 Å². The number of halogens is 3. The monoisotopic (exact) mass is 327 g/mol. The second kappa shape index (κ2) is 6.76. The van der Waals surface area contributed by atoms with Gasteiger partial charge in [0.1, 0.15) is 11.8 Å². The Labute approximate surface area is 131 Å². The van der Waals surface area contributed by atoms with Crippen LogP contribution >= 0.6 is 0 Å². The van der Waals surface area contributed by atoms with Crippen molar-refractivity contribution in [3.05, 3.63) is 53.8 Å². The smallest absolute Gasteiger partial charge is 0.412 e. The minimum atomic E-state index is -4.44. The molecule has 1 aliphatic heterocycles. The number of carbonyl (C=O) groups is 1. The average molecular weight is 327 g/mol. The van der Waals surface area contributed by atoms with Crippen molar-refractivity contribution in [1.29, 1.82) is 0 Å². The molecule has 124 valence electrons. The lowest BCUT2D eigenvalue weighted by Gasteiger charge is -2.33. The van der Waals surface area contributed by atoms with Crippen LogP contribution in [0, 0.1) is 0 Å². The van der Waals surface area contributed by atoms with Gasteiger partial charge in [-0.05, 0) is 23.8 Å². The molecule has 2 rings (SSSR count). The Bertz CT molecular complexity index is 620. The minimum absolute atomic E-state index is 0.000987. The molecule has 1 aromatic rings. The van der Waals surface area contributed by atoms with Gasteiger partial charge in [-0.2, -0.15) is 13.2 Å². The molecule has 0 saturated carbocycles. The number of methoxy groups -OCH3 is 2. The maximum Gasteiger partial charge on any atom is 0.412 e. The van der Waals surface area contributed by atoms with Crippen molar-refractivity contribution in [2.75, 3.05) is 14.2 Å². The van der Waals surface area contributed by atoms with Crippen molar-refractivity contribution < 1.29 is 27.4 Å². The zero-order valence-corrected chi connectivity index (χ0v) is 12.6. The molecule has 0 spiro atoms. The number of rotatable bonds is 4. The predicted molar refractivity (Wildman–Crippen MR) is 77.6 cm³/mol. The van der Waals surface area contributed by atoms with Gasteiger partial charge in [-0.25, -0.2) is 4.79 Å². The van der Waals surface area contributed by atoms with Crippen molar-refractivity contribution in [3.63, 3.8) is 0 Å². The third kappa shape index (κ3) is 4.06. The van der Waals surface area contributed by atoms with Crippen LogP contribution in [0.2, 0.25) is 0 Å². The van der Waals surface area contributed by atoms with Crippen LogP contribution < -0.4 is 4.74 Å². The molecular weight excluding hydrogens is 311 g/mol. The quantitative estimate of drug-likeness (QED) is 0.797. The first-order valence-electron chi connectivity index (χ1n) is 6.79. The van der Waals surface area contributed by atoms with Crippen molar-refractivity contribution in [2.24, 2.45) is 0 Å². The predicted octanol–water partition coefficient (Wildman–Crippen LogP) is 3.05. The van der Waals surface area contributed by atoms with E-state index in [1.807, 2.05) is 0 Å². The van der Waals surface area contributed by atoms with Crippen LogP contribution in [-0.4, -0.2) is 37.3 Å². The van der Waals surface area contributed by atoms with E-state index in [1.54, 1.807) is 24.3 Å². The molecule has 1 heterocycles. The molecule has 0 aromatic heterocycles. The summed E-state index contributed by atoms with van der Waals surface area (Å²) in [6.07, 6.45) is -1.18. The van der Waals surface area contributed by atoms with E-state index in [0.717, 1.165) is 17.1 Å². The molecule has 0 aliphatic carbocycles. The fraction of sp³-hybridized carbons (Fsp3) is 0.312. The summed E-state index contributed by atoms with van der Waals surface area (Å²) < 4.78 is 49.1. The molecule has 0 amide bonds. The number of benzene rings is 1. The van der Waals surface area contributed by atoms with Gasteiger partial charge in [0.05, 0.1) is 19.8 Å². The zero-order valence-electron chi connectivity index (χ0n) is 12.6. The molecule has 0 saturated heterocycles. The van der Waals surface area contributed by atoms with Gasteiger partial charge < -0.3 is 14.4 Å². The summed E-state index contributed by atoms with van der Waals surface area (Å²) in [5.41, 5.74) is 0.734. The third-order valence-electron chi connectivity index (χ3n) is 3.40. The lowest BCUT2D eigenvalue weighted by molar-refractivity contribution is -0.166. The van der Waals surface area contributed by atoms with E-state index in [-0.39, 0.29) is 12.1 Å². The Kier molecular flexibility index (Phi) is 4.98. The summed E-state index contributed by atoms with van der Waals surface area (Å²) in [5, 5.41) is 0. The molecule has 1 atom stereocenters. The lowest BCUT2D eigenvalue weighted by Crippen LogP contribution is -2.42. The van der Waals surface area contributed by atoms with Gasteiger partial charge >= 0.3 is 12.1 Å². The molecule has 1 aromatic carbocycles. The maximum absolute atomic E-state index is 13.2. The van der Waals surface area contributed by atoms with E-state index < -0.39 is 18.2 Å². The Balaban J connectivity index is 2.26. The summed E-state index contributed by atoms with van der Waals surface area (Å²) in [6, 6.07) is 4.90. The van der Waals surface area contributed by atoms with Crippen LogP contribution in [0.15, 0.2) is 48.2 Å². The molecule has 4 nitrogen and oxygen atoms in total. The van der Waals surface area contributed by atoms with E-state index >= 15 is 0 Å². The Hall–Kier alpha value is -2.44. The standard InChI is InChI=1S/C16H16F3NO3/c1-22-13-6-3-11(4-7-13)9-20-10-12(15(21)23-2)5-8-14(20)16(17,18)19/h3-8,10,14H,9H2,1-2H3. The van der Waals surface area contributed by atoms with Gasteiger partial charge in [-0.1, -0.05) is 18.2 Å². The summed E-state index contributed by atoms with van der Waals surface area (Å²) in [6.45, 7) is -0.000987. The summed E-state index contributed by atoms with van der Waals surface area (Å²) >= 11 is 0. The third-order valence-corrected chi connectivity index (χ3v) is 3.40. The van der Waals surface area contributed by atoms with Crippen LogP contribution in [0.25, 0.3) is 0 Å². The highest BCUT2D eigenvalue weighted by Gasteiger charge is 2.42. The Morgan fingerprint density at radius 3 is 2.39 bits per heavy atom. The molecule has 7 heteroatoms. The van der Waals surface area contributed by atoms with Crippen LogP contribution in [-0.2, 0) is 16.1 Å². The highest BCUT2D eigenvalue weighted by Crippen LogP contribution is 2.31. The second-order valence-corrected chi connectivity index (χ2v) is 4.94. The molecule has 23 heavy (non-hydrogen) atoms. The van der Waals surface area contributed by atoms with Gasteiger partial charge in [-0.3, -0.25) is 0 Å². The van der Waals surface area contributed by atoms with E-state index in [1.165, 1.54) is 20.4 Å². The van der Waals surface area contributed by atoms with Gasteiger partial charge in [0.15, 0.2) is 0 Å². The number of hydrogen-bond acceptors (Lipinski definition) is 4. The van der Waals surface area contributed by atoms with Gasteiger partial charge in [0.25, 0.3) is 0 Å². The largest absolute Gasteiger partial charge is 0.497 e. The SMILES string of the molecule is COC(=O)C1=CN(Cc2ccc(OC)cc2)C(C(F)(F)F)C=C1. The summed E-state index contributed by atoms with van der Waals surface area (Å²) in [5.74, 6) is -0.0629. The van der Waals surface area contributed by atoms with E-state index in [9.17, 15) is 18.0 Å². The van der Waals surface area contributed by atoms with Crippen molar-refractivity contribution in [2.45, 2.75) is 18.8 Å². The molecule has 1 unspecified atom stereocenters. The molecule has 1 aliphatic rings. The van der Waals surface area contributed by atoms with Crippen molar-refractivity contribution in [1.82, 2.24) is 4.90 Å². The Morgan fingerprint density at radius 1 is 1.22 bits per heavy atom. The van der Waals surface area contributed by atoms with Crippen LogP contribution in [0.3, 0.4) is 0 Å². The topological polar surface area (TPSA) is 38.8 Å². The number of esters is 1. The molecule has 0 bridgehead atoms. The average Bonchev–Trinajstić information content (AvgIpc) is 2.53. The molecule has 0 N–H and O–H groups in total. The summed E-state index contributed by atoms with van der Waals surface area (Å²) in [4.78, 5) is 12.6. The van der Waals surface area contributed by atoms with Gasteiger partial charge in [0.2, 0.25) is 0 Å². The first kappa shape index (κ1) is 16.9. The fourth-order valence-corrected chi connectivity index (χ4v) is 2.23. The van der Waals surface area contributed by atoms with Crippen LogP contribution in [0.5, 0.6) is 5.75 Å². The van der Waals surface area contributed by atoms with Crippen molar-refractivity contribution in [3.8, 4) is 5.75 Å². The van der Waals surface area contributed by atoms with E-state index in [2.05, 4.69) is 4.74 Å². The highest BCUT2D eigenvalue weighted by atomic mass is 19.4. The molecular formula is C16H16F3NO3. The second-order valence-electron chi connectivity index (χ2n) is 4.94. The molecule has 0 fully saturated rings. The van der Waals surface area contributed by atoms with E-state index in [0.29, 0.717) is 11.3 Å². The Morgan fingerprint density at radius 2 is 1.87 bits per heavy atom. The lowest BCUT2D eigenvalue weighted by atomic mass is 10.1. The van der Waals surface area contributed by atoms with Gasteiger partial charge in [-0.15, -0.1) is 0 Å². The summed E-state index contributed by atoms with van der Waals surface area (Å²) in [7, 11) is 2.69. The highest BCUT2D eigenvalue weighted by molar-refractivity contribution is 5.91. The van der Waals surface area contributed by atoms with Crippen LogP contribution in [0.4, 0.5) is 13.2 Å². The normalized spacial score (nSPS) is 17.7. The number of hydrogen-bond donors (Lipinski definition) is 0. The number of nitrogens with zero attached hydrogens (tertiary/aromatic N) is 1. The fourth-order valence-electron chi connectivity index (χ4n) is 2.23. The number of ether oxygens (including phenoxy) is 2. The minimum Gasteiger partial charge on any atom is -0.497 e. The maximum atomic E-state index is 13.2. The van der Waals surface area contributed by atoms with Crippen molar-refractivity contribution >= 4 is 5.97 Å². The first-order chi connectivity index (χ1) is 10.8. The van der Waals surface area contributed by atoms with Crippen LogP contribution in [0.1, 0.15) is 5.56 Å². The number of carbonyl (C=O) groups excluding carboxylic acids is 1. The first-order valence-corrected chi connectivity index (χ1v) is 6.79. The van der Waals surface area contributed by atoms with Gasteiger partial charge in [0, 0.05) is 12.7 Å². The zero-order chi connectivity index (χ0) is 17.0. The molecule has 0 radical (unpaired) electrons.